The Morgan fingerprint density at radius 1 is 1.03 bits per heavy atom. The van der Waals surface area contributed by atoms with Crippen molar-refractivity contribution in [2.45, 2.75) is 31.5 Å². The van der Waals surface area contributed by atoms with Gasteiger partial charge in [0.05, 0.1) is 19.1 Å². The Hall–Kier alpha value is -3.61. The first-order valence-corrected chi connectivity index (χ1v) is 11.5. The lowest BCUT2D eigenvalue weighted by Crippen LogP contribution is -2.52. The number of nitrogens with zero attached hydrogens (tertiary/aromatic N) is 5. The minimum Gasteiger partial charge on any atom is -0.406 e. The predicted molar refractivity (Wildman–Crippen MR) is 117 cm³/mol. The number of carbonyl (C=O) groups excluding carboxylic acids is 1. The fourth-order valence-corrected chi connectivity index (χ4v) is 4.55. The van der Waals surface area contributed by atoms with E-state index in [0.29, 0.717) is 63.2 Å². The van der Waals surface area contributed by atoms with Crippen LogP contribution in [-0.4, -0.2) is 76.9 Å². The van der Waals surface area contributed by atoms with Crippen molar-refractivity contribution in [2.24, 2.45) is 0 Å². The molecule has 2 amide bonds. The van der Waals surface area contributed by atoms with Gasteiger partial charge in [-0.15, -0.1) is 13.2 Å². The minimum atomic E-state index is -4.77. The molecule has 10 nitrogen and oxygen atoms in total. The molecule has 2 aromatic heterocycles. The van der Waals surface area contributed by atoms with Gasteiger partial charge in [0.25, 0.3) is 0 Å². The number of amides is 2. The van der Waals surface area contributed by atoms with Crippen molar-refractivity contribution in [3.05, 3.63) is 47.5 Å². The topological polar surface area (TPSA) is 107 Å². The molecule has 5 rings (SSSR count). The van der Waals surface area contributed by atoms with Crippen LogP contribution in [0.15, 0.2) is 39.4 Å². The molecular weight excluding hydrogens is 483 g/mol. The molecule has 36 heavy (non-hydrogen) atoms. The van der Waals surface area contributed by atoms with E-state index in [1.54, 1.807) is 34.9 Å². The van der Waals surface area contributed by atoms with E-state index < -0.39 is 6.36 Å². The summed E-state index contributed by atoms with van der Waals surface area (Å²) < 4.78 is 57.7. The van der Waals surface area contributed by atoms with E-state index in [4.69, 9.17) is 13.8 Å². The summed E-state index contributed by atoms with van der Waals surface area (Å²) in [5.74, 6) is 0.488. The summed E-state index contributed by atoms with van der Waals surface area (Å²) in [6, 6.07) is 7.29. The number of piperidine rings is 1. The molecule has 2 fully saturated rings. The van der Waals surface area contributed by atoms with E-state index in [9.17, 15) is 18.0 Å². The molecule has 13 heteroatoms. The van der Waals surface area contributed by atoms with Crippen LogP contribution in [0.25, 0.3) is 11.5 Å². The van der Waals surface area contributed by atoms with Gasteiger partial charge in [-0.2, -0.15) is 4.98 Å². The second kappa shape index (κ2) is 9.80. The van der Waals surface area contributed by atoms with Gasteiger partial charge < -0.3 is 28.3 Å². The summed E-state index contributed by atoms with van der Waals surface area (Å²) in [5.41, 5.74) is 1.22. The third-order valence-corrected chi connectivity index (χ3v) is 6.24. The average molecular weight is 507 g/mol. The molecule has 2 atom stereocenters. The largest absolute Gasteiger partial charge is 0.573 e. The number of aryl methyl sites for hydroxylation is 1. The van der Waals surface area contributed by atoms with E-state index in [1.807, 2.05) is 0 Å². The molecule has 0 bridgehead atoms. The summed E-state index contributed by atoms with van der Waals surface area (Å²) in [6.45, 7) is 4.43. The Labute approximate surface area is 203 Å². The first-order valence-electron chi connectivity index (χ1n) is 11.5. The van der Waals surface area contributed by atoms with Crippen molar-refractivity contribution < 1.29 is 36.5 Å². The molecule has 2 unspecified atom stereocenters. The molecule has 0 aliphatic carbocycles. The van der Waals surface area contributed by atoms with Crippen molar-refractivity contribution in [1.29, 1.82) is 0 Å². The Bertz CT molecular complexity index is 1190. The molecular formula is C23H24F3N5O5. The second-order valence-electron chi connectivity index (χ2n) is 8.81. The van der Waals surface area contributed by atoms with Gasteiger partial charge in [-0.05, 0) is 31.0 Å². The van der Waals surface area contributed by atoms with Crippen LogP contribution in [0.1, 0.15) is 35.5 Å². The number of rotatable bonds is 4. The zero-order valence-electron chi connectivity index (χ0n) is 19.4. The normalized spacial score (nSPS) is 21.0. The van der Waals surface area contributed by atoms with Crippen LogP contribution in [0.4, 0.5) is 18.0 Å². The molecule has 192 valence electrons. The van der Waals surface area contributed by atoms with Gasteiger partial charge in [-0.25, -0.2) is 4.79 Å². The summed E-state index contributed by atoms with van der Waals surface area (Å²) in [6.07, 6.45) is -4.21. The van der Waals surface area contributed by atoms with E-state index in [2.05, 4.69) is 20.0 Å². The number of hydrogen-bond acceptors (Lipinski definition) is 8. The standard InChI is InChI=1S/C23H24F3N5O5/c1-14-10-19(28-35-14)20-27-21(36-29-20)17-11-16(15-2-4-18(5-3-15)34-23(24,25)26)12-31(13-17)22(32)30-6-8-33-9-7-30/h2-5,10,16-17H,6-9,11-13H2,1H3. The number of ether oxygens (including phenoxy) is 2. The number of benzene rings is 1. The van der Waals surface area contributed by atoms with Gasteiger partial charge in [0, 0.05) is 38.2 Å². The quantitative estimate of drug-likeness (QED) is 0.523. The van der Waals surface area contributed by atoms with Crippen LogP contribution >= 0.6 is 0 Å². The SMILES string of the molecule is Cc1cc(-c2noc(C3CC(c4ccc(OC(F)(F)F)cc4)CN(C(=O)N4CCOCC4)C3)n2)no1. The van der Waals surface area contributed by atoms with Crippen molar-refractivity contribution in [3.63, 3.8) is 0 Å². The zero-order valence-corrected chi connectivity index (χ0v) is 19.4. The van der Waals surface area contributed by atoms with Crippen LogP contribution in [0.3, 0.4) is 0 Å². The van der Waals surface area contributed by atoms with Gasteiger partial charge in [0.15, 0.2) is 5.69 Å². The van der Waals surface area contributed by atoms with E-state index in [1.165, 1.54) is 12.1 Å². The Morgan fingerprint density at radius 2 is 1.75 bits per heavy atom. The number of aromatic nitrogens is 3. The zero-order chi connectivity index (χ0) is 25.3. The molecule has 0 spiro atoms. The lowest BCUT2D eigenvalue weighted by Gasteiger charge is -2.40. The van der Waals surface area contributed by atoms with Gasteiger partial charge in [0.1, 0.15) is 11.5 Å². The number of halogens is 3. The number of urea groups is 1. The molecule has 2 saturated heterocycles. The van der Waals surface area contributed by atoms with Crippen molar-refractivity contribution >= 4 is 6.03 Å². The third kappa shape index (κ3) is 5.45. The van der Waals surface area contributed by atoms with Crippen LogP contribution in [0.5, 0.6) is 5.75 Å². The molecule has 4 heterocycles. The molecule has 2 aliphatic rings. The molecule has 1 aromatic carbocycles. The van der Waals surface area contributed by atoms with Crippen molar-refractivity contribution in [2.75, 3.05) is 39.4 Å². The highest BCUT2D eigenvalue weighted by molar-refractivity contribution is 5.75. The van der Waals surface area contributed by atoms with Crippen LogP contribution in [0.2, 0.25) is 0 Å². The average Bonchev–Trinajstić information content (AvgIpc) is 3.53. The number of morpholine rings is 1. The van der Waals surface area contributed by atoms with Crippen LogP contribution in [0, 0.1) is 6.92 Å². The second-order valence-corrected chi connectivity index (χ2v) is 8.81. The highest BCUT2D eigenvalue weighted by Crippen LogP contribution is 2.37. The monoisotopic (exact) mass is 507 g/mol. The maximum atomic E-state index is 13.3. The maximum absolute atomic E-state index is 13.3. The fraction of sp³-hybridized carbons (Fsp3) is 0.478. The fourth-order valence-electron chi connectivity index (χ4n) is 4.55. The maximum Gasteiger partial charge on any atom is 0.573 e. The van der Waals surface area contributed by atoms with E-state index >= 15 is 0 Å². The lowest BCUT2D eigenvalue weighted by molar-refractivity contribution is -0.274. The summed E-state index contributed by atoms with van der Waals surface area (Å²) >= 11 is 0. The number of alkyl halides is 3. The Morgan fingerprint density at radius 3 is 2.42 bits per heavy atom. The highest BCUT2D eigenvalue weighted by atomic mass is 19.4. The van der Waals surface area contributed by atoms with Crippen molar-refractivity contribution in [1.82, 2.24) is 25.1 Å². The summed E-state index contributed by atoms with van der Waals surface area (Å²) in [7, 11) is 0. The van der Waals surface area contributed by atoms with Gasteiger partial charge in [-0.3, -0.25) is 0 Å². The van der Waals surface area contributed by atoms with Gasteiger partial charge in [0.2, 0.25) is 11.7 Å². The molecule has 2 aliphatic heterocycles. The number of carbonyl (C=O) groups is 1. The molecule has 0 radical (unpaired) electrons. The van der Waals surface area contributed by atoms with Crippen LogP contribution in [-0.2, 0) is 4.74 Å². The summed E-state index contributed by atoms with van der Waals surface area (Å²) in [5, 5.41) is 7.93. The Balaban J connectivity index is 1.39. The smallest absolute Gasteiger partial charge is 0.406 e. The highest BCUT2D eigenvalue weighted by Gasteiger charge is 2.37. The predicted octanol–water partition coefficient (Wildman–Crippen LogP) is 3.96. The number of hydrogen-bond donors (Lipinski definition) is 0. The Kier molecular flexibility index (Phi) is 6.56. The van der Waals surface area contributed by atoms with Gasteiger partial charge in [-0.1, -0.05) is 22.4 Å². The van der Waals surface area contributed by atoms with Crippen LogP contribution < -0.4 is 4.74 Å². The molecule has 0 N–H and O–H groups in total. The van der Waals surface area contributed by atoms with Gasteiger partial charge >= 0.3 is 12.4 Å². The summed E-state index contributed by atoms with van der Waals surface area (Å²) in [4.78, 5) is 21.3. The number of likely N-dealkylation sites (tertiary alicyclic amines) is 1. The van der Waals surface area contributed by atoms with E-state index in [0.717, 1.165) is 5.56 Å². The minimum absolute atomic E-state index is 0.128. The lowest BCUT2D eigenvalue weighted by atomic mass is 9.84. The third-order valence-electron chi connectivity index (χ3n) is 6.24. The van der Waals surface area contributed by atoms with Crippen molar-refractivity contribution in [3.8, 4) is 17.3 Å². The molecule has 0 saturated carbocycles. The van der Waals surface area contributed by atoms with E-state index in [-0.39, 0.29) is 29.4 Å². The molecule has 3 aromatic rings. The first-order chi connectivity index (χ1) is 17.2. The first kappa shape index (κ1) is 24.1.